The molecule has 0 aliphatic heterocycles. The number of hydrogen-bond donors (Lipinski definition) is 1. The standard InChI is InChI=1S/C16H13FN2O/c1-10-8-12(6-7-14(10)17)19-15(18)9-11-4-2-3-5-13(11)16(19)20/h2-9H,18H2,1H3. The first-order chi connectivity index (χ1) is 9.58. The van der Waals surface area contributed by atoms with Crippen molar-refractivity contribution in [2.24, 2.45) is 0 Å². The fraction of sp³-hybridized carbons (Fsp3) is 0.0625. The van der Waals surface area contributed by atoms with Crippen LogP contribution in [0.3, 0.4) is 0 Å². The third-order valence-corrected chi connectivity index (χ3v) is 3.36. The Labute approximate surface area is 115 Å². The van der Waals surface area contributed by atoms with E-state index in [1.54, 1.807) is 37.3 Å². The smallest absolute Gasteiger partial charge is 0.264 e. The summed E-state index contributed by atoms with van der Waals surface area (Å²) in [6.07, 6.45) is 0. The van der Waals surface area contributed by atoms with Crippen molar-refractivity contribution in [2.45, 2.75) is 6.92 Å². The van der Waals surface area contributed by atoms with Crippen LogP contribution in [-0.4, -0.2) is 4.57 Å². The molecule has 20 heavy (non-hydrogen) atoms. The molecule has 0 unspecified atom stereocenters. The van der Waals surface area contributed by atoms with Crippen molar-refractivity contribution in [3.63, 3.8) is 0 Å². The van der Waals surface area contributed by atoms with Crippen molar-refractivity contribution in [3.05, 3.63) is 70.3 Å². The van der Waals surface area contributed by atoms with Gasteiger partial charge in [-0.2, -0.15) is 0 Å². The fourth-order valence-electron chi connectivity index (χ4n) is 2.31. The van der Waals surface area contributed by atoms with Gasteiger partial charge >= 0.3 is 0 Å². The second-order valence-electron chi connectivity index (χ2n) is 4.73. The highest BCUT2D eigenvalue weighted by molar-refractivity contribution is 5.84. The number of benzene rings is 2. The highest BCUT2D eigenvalue weighted by Gasteiger charge is 2.09. The molecule has 0 spiro atoms. The van der Waals surface area contributed by atoms with Crippen LogP contribution >= 0.6 is 0 Å². The zero-order chi connectivity index (χ0) is 14.3. The first-order valence-electron chi connectivity index (χ1n) is 6.25. The Morgan fingerprint density at radius 2 is 1.85 bits per heavy atom. The largest absolute Gasteiger partial charge is 0.385 e. The summed E-state index contributed by atoms with van der Waals surface area (Å²) in [5.74, 6) is 0.0286. The molecular formula is C16H13FN2O. The summed E-state index contributed by atoms with van der Waals surface area (Å²) >= 11 is 0. The van der Waals surface area contributed by atoms with Gasteiger partial charge in [0.05, 0.1) is 5.69 Å². The van der Waals surface area contributed by atoms with Gasteiger partial charge in [0.25, 0.3) is 5.56 Å². The first kappa shape index (κ1) is 12.4. The Bertz CT molecular complexity index is 868. The lowest BCUT2D eigenvalue weighted by atomic mass is 10.1. The van der Waals surface area contributed by atoms with Gasteiger partial charge < -0.3 is 5.73 Å². The molecule has 0 amide bonds. The normalized spacial score (nSPS) is 10.9. The van der Waals surface area contributed by atoms with Crippen LogP contribution in [0.15, 0.2) is 53.3 Å². The van der Waals surface area contributed by atoms with E-state index in [4.69, 9.17) is 5.73 Å². The molecule has 3 nitrogen and oxygen atoms in total. The number of nitrogen functional groups attached to an aromatic ring is 1. The number of aromatic nitrogens is 1. The van der Waals surface area contributed by atoms with Crippen LogP contribution in [0.25, 0.3) is 16.5 Å². The maximum absolute atomic E-state index is 13.3. The summed E-state index contributed by atoms with van der Waals surface area (Å²) in [4.78, 5) is 12.5. The number of aryl methyl sites for hydroxylation is 1. The Hall–Kier alpha value is -2.62. The number of hydrogen-bond acceptors (Lipinski definition) is 2. The summed E-state index contributed by atoms with van der Waals surface area (Å²) in [5.41, 5.74) is 6.82. The third kappa shape index (κ3) is 1.86. The molecule has 2 aromatic carbocycles. The molecule has 1 aromatic heterocycles. The molecule has 0 bridgehead atoms. The summed E-state index contributed by atoms with van der Waals surface area (Å²) in [6.45, 7) is 1.65. The number of anilines is 1. The van der Waals surface area contributed by atoms with E-state index >= 15 is 0 Å². The van der Waals surface area contributed by atoms with Crippen molar-refractivity contribution in [2.75, 3.05) is 5.73 Å². The van der Waals surface area contributed by atoms with Gasteiger partial charge in [-0.15, -0.1) is 0 Å². The van der Waals surface area contributed by atoms with Gasteiger partial charge in [-0.25, -0.2) is 4.39 Å². The Balaban J connectivity index is 2.36. The van der Waals surface area contributed by atoms with Crippen LogP contribution in [0.2, 0.25) is 0 Å². The second-order valence-corrected chi connectivity index (χ2v) is 4.73. The van der Waals surface area contributed by atoms with Crippen molar-refractivity contribution in [1.29, 1.82) is 0 Å². The molecule has 0 radical (unpaired) electrons. The van der Waals surface area contributed by atoms with Gasteiger partial charge in [0.15, 0.2) is 0 Å². The van der Waals surface area contributed by atoms with Crippen molar-refractivity contribution in [3.8, 4) is 5.69 Å². The molecule has 1 heterocycles. The van der Waals surface area contributed by atoms with Crippen LogP contribution in [0.1, 0.15) is 5.56 Å². The Morgan fingerprint density at radius 3 is 2.60 bits per heavy atom. The Kier molecular flexibility index (Phi) is 2.79. The predicted octanol–water partition coefficient (Wildman–Crippen LogP) is 3.02. The number of halogens is 1. The van der Waals surface area contributed by atoms with Gasteiger partial charge in [0.1, 0.15) is 11.6 Å². The van der Waals surface area contributed by atoms with Crippen molar-refractivity contribution in [1.82, 2.24) is 4.57 Å². The minimum absolute atomic E-state index is 0.202. The molecule has 0 saturated heterocycles. The third-order valence-electron chi connectivity index (χ3n) is 3.36. The van der Waals surface area contributed by atoms with E-state index in [-0.39, 0.29) is 11.4 Å². The molecule has 0 aliphatic carbocycles. The molecule has 3 rings (SSSR count). The summed E-state index contributed by atoms with van der Waals surface area (Å²) in [6, 6.07) is 13.5. The second kappa shape index (κ2) is 4.49. The van der Waals surface area contributed by atoms with Gasteiger partial charge in [-0.1, -0.05) is 18.2 Å². The quantitative estimate of drug-likeness (QED) is 0.737. The zero-order valence-electron chi connectivity index (χ0n) is 10.9. The fourth-order valence-corrected chi connectivity index (χ4v) is 2.31. The van der Waals surface area contributed by atoms with Gasteiger partial charge in [-0.3, -0.25) is 9.36 Å². The lowest BCUT2D eigenvalue weighted by molar-refractivity contribution is 0.618. The zero-order valence-corrected chi connectivity index (χ0v) is 10.9. The number of nitrogens with two attached hydrogens (primary N) is 1. The molecule has 3 aromatic rings. The lowest BCUT2D eigenvalue weighted by Gasteiger charge is -2.12. The number of fused-ring (bicyclic) bond motifs is 1. The molecule has 100 valence electrons. The summed E-state index contributed by atoms with van der Waals surface area (Å²) < 4.78 is 14.7. The van der Waals surface area contributed by atoms with Crippen LogP contribution in [-0.2, 0) is 0 Å². The molecule has 0 fully saturated rings. The van der Waals surface area contributed by atoms with Crippen molar-refractivity contribution >= 4 is 16.6 Å². The maximum atomic E-state index is 13.3. The van der Waals surface area contributed by atoms with Crippen LogP contribution in [0.5, 0.6) is 0 Å². The Morgan fingerprint density at radius 1 is 1.10 bits per heavy atom. The van der Waals surface area contributed by atoms with Crippen LogP contribution < -0.4 is 11.3 Å². The average molecular weight is 268 g/mol. The monoisotopic (exact) mass is 268 g/mol. The van der Waals surface area contributed by atoms with Crippen molar-refractivity contribution < 1.29 is 4.39 Å². The van der Waals surface area contributed by atoms with Gasteiger partial charge in [-0.05, 0) is 48.2 Å². The number of pyridine rings is 1. The van der Waals surface area contributed by atoms with Crippen LogP contribution in [0, 0.1) is 12.7 Å². The molecule has 0 saturated carbocycles. The first-order valence-corrected chi connectivity index (χ1v) is 6.25. The van der Waals surface area contributed by atoms with E-state index in [0.29, 0.717) is 22.5 Å². The average Bonchev–Trinajstić information content (AvgIpc) is 2.43. The molecule has 0 atom stereocenters. The highest BCUT2D eigenvalue weighted by atomic mass is 19.1. The number of rotatable bonds is 1. The molecular weight excluding hydrogens is 255 g/mol. The SMILES string of the molecule is Cc1cc(-n2c(N)cc3ccccc3c2=O)ccc1F. The molecule has 4 heteroatoms. The maximum Gasteiger partial charge on any atom is 0.264 e. The van der Waals surface area contributed by atoms with Gasteiger partial charge in [0, 0.05) is 5.39 Å². The van der Waals surface area contributed by atoms with E-state index in [9.17, 15) is 9.18 Å². The van der Waals surface area contributed by atoms with E-state index in [2.05, 4.69) is 0 Å². The minimum Gasteiger partial charge on any atom is -0.385 e. The highest BCUT2D eigenvalue weighted by Crippen LogP contribution is 2.19. The summed E-state index contributed by atoms with van der Waals surface area (Å²) in [7, 11) is 0. The molecule has 2 N–H and O–H groups in total. The minimum atomic E-state index is -0.304. The lowest BCUT2D eigenvalue weighted by Crippen LogP contribution is -2.21. The molecule has 0 aliphatic rings. The van der Waals surface area contributed by atoms with Gasteiger partial charge in [0.2, 0.25) is 0 Å². The van der Waals surface area contributed by atoms with Crippen LogP contribution in [0.4, 0.5) is 10.2 Å². The topological polar surface area (TPSA) is 48.0 Å². The van der Waals surface area contributed by atoms with E-state index in [1.807, 2.05) is 12.1 Å². The van der Waals surface area contributed by atoms with E-state index in [1.165, 1.54) is 10.6 Å². The van der Waals surface area contributed by atoms with E-state index in [0.717, 1.165) is 5.39 Å². The number of nitrogens with zero attached hydrogens (tertiary/aromatic N) is 1. The summed E-state index contributed by atoms with van der Waals surface area (Å²) in [5, 5.41) is 1.38. The van der Waals surface area contributed by atoms with E-state index < -0.39 is 0 Å². The predicted molar refractivity (Wildman–Crippen MR) is 78.7 cm³/mol.